The molecule has 0 fully saturated rings. The van der Waals surface area contributed by atoms with Crippen molar-refractivity contribution in [3.05, 3.63) is 35.1 Å². The molecule has 3 N–H and O–H groups in total. The van der Waals surface area contributed by atoms with Crippen LogP contribution < -0.4 is 10.6 Å². The molecule has 0 amide bonds. The molecular formula is C16H27FIN3O. The van der Waals surface area contributed by atoms with Crippen LogP contribution in [0.2, 0.25) is 0 Å². The van der Waals surface area contributed by atoms with Crippen LogP contribution in [0.15, 0.2) is 23.2 Å². The van der Waals surface area contributed by atoms with E-state index in [-0.39, 0.29) is 48.4 Å². The summed E-state index contributed by atoms with van der Waals surface area (Å²) in [6.45, 7) is 9.04. The summed E-state index contributed by atoms with van der Waals surface area (Å²) in [5.41, 5.74) is 1.52. The smallest absolute Gasteiger partial charge is 0.191 e. The SMILES string of the molecule is CCNC(=NCC(C)CO)NC(C)c1ccc(C)c(F)c1.I. The van der Waals surface area contributed by atoms with Gasteiger partial charge in [-0.05, 0) is 43.9 Å². The molecule has 0 saturated heterocycles. The lowest BCUT2D eigenvalue weighted by Crippen LogP contribution is -2.39. The zero-order valence-electron chi connectivity index (χ0n) is 13.7. The maximum atomic E-state index is 13.6. The second-order valence-electron chi connectivity index (χ2n) is 5.38. The summed E-state index contributed by atoms with van der Waals surface area (Å²) in [6, 6.07) is 5.19. The van der Waals surface area contributed by atoms with E-state index in [0.717, 1.165) is 12.1 Å². The second-order valence-corrected chi connectivity index (χ2v) is 5.38. The lowest BCUT2D eigenvalue weighted by molar-refractivity contribution is 0.241. The van der Waals surface area contributed by atoms with Crippen LogP contribution in [0.3, 0.4) is 0 Å². The van der Waals surface area contributed by atoms with Crippen molar-refractivity contribution in [2.45, 2.75) is 33.7 Å². The molecule has 0 saturated carbocycles. The predicted molar refractivity (Wildman–Crippen MR) is 100 cm³/mol. The van der Waals surface area contributed by atoms with Gasteiger partial charge in [-0.3, -0.25) is 4.99 Å². The van der Waals surface area contributed by atoms with E-state index in [1.54, 1.807) is 19.1 Å². The normalized spacial score (nSPS) is 14.0. The Kier molecular flexibility index (Phi) is 10.3. The van der Waals surface area contributed by atoms with Crippen LogP contribution in [0, 0.1) is 18.7 Å². The number of aryl methyl sites for hydroxylation is 1. The molecule has 1 aromatic rings. The number of nitrogens with one attached hydrogen (secondary N) is 2. The van der Waals surface area contributed by atoms with Gasteiger partial charge in [0.2, 0.25) is 0 Å². The van der Waals surface area contributed by atoms with Crippen molar-refractivity contribution in [3.63, 3.8) is 0 Å². The van der Waals surface area contributed by atoms with Gasteiger partial charge in [0.25, 0.3) is 0 Å². The van der Waals surface area contributed by atoms with Gasteiger partial charge in [-0.15, -0.1) is 24.0 Å². The Morgan fingerprint density at radius 3 is 2.59 bits per heavy atom. The van der Waals surface area contributed by atoms with E-state index in [1.165, 1.54) is 0 Å². The number of nitrogens with zero attached hydrogens (tertiary/aromatic N) is 1. The van der Waals surface area contributed by atoms with E-state index in [2.05, 4.69) is 15.6 Å². The number of hydrogen-bond acceptors (Lipinski definition) is 2. The number of aliphatic imine (C=N–C) groups is 1. The first-order valence-electron chi connectivity index (χ1n) is 7.39. The third kappa shape index (κ3) is 6.91. The molecule has 1 aromatic carbocycles. The predicted octanol–water partition coefficient (Wildman–Crippen LogP) is 3.00. The molecule has 2 atom stereocenters. The Morgan fingerprint density at radius 1 is 1.36 bits per heavy atom. The summed E-state index contributed by atoms with van der Waals surface area (Å²) in [7, 11) is 0. The number of halogens is 2. The molecule has 0 aliphatic rings. The lowest BCUT2D eigenvalue weighted by Gasteiger charge is -2.19. The van der Waals surface area contributed by atoms with E-state index >= 15 is 0 Å². The number of rotatable bonds is 6. The molecule has 2 unspecified atom stereocenters. The molecule has 0 aliphatic heterocycles. The molecule has 0 radical (unpaired) electrons. The summed E-state index contributed by atoms with van der Waals surface area (Å²) in [6.07, 6.45) is 0. The molecule has 22 heavy (non-hydrogen) atoms. The molecule has 0 bridgehead atoms. The standard InChI is InChI=1S/C16H26FN3O.HI/c1-5-18-16(19-9-11(2)10-21)20-13(4)14-7-6-12(3)15(17)8-14;/h6-8,11,13,21H,5,9-10H2,1-4H3,(H2,18,19,20);1H. The highest BCUT2D eigenvalue weighted by molar-refractivity contribution is 14.0. The molecule has 0 heterocycles. The highest BCUT2D eigenvalue weighted by Crippen LogP contribution is 2.16. The van der Waals surface area contributed by atoms with Crippen molar-refractivity contribution in [1.82, 2.24) is 10.6 Å². The zero-order chi connectivity index (χ0) is 15.8. The molecule has 126 valence electrons. The Hall–Kier alpha value is -0.890. The molecule has 1 rings (SSSR count). The number of hydrogen-bond donors (Lipinski definition) is 3. The van der Waals surface area contributed by atoms with Crippen molar-refractivity contribution >= 4 is 29.9 Å². The van der Waals surface area contributed by atoms with Crippen LogP contribution in [0.1, 0.15) is 37.9 Å². The average molecular weight is 423 g/mol. The van der Waals surface area contributed by atoms with Gasteiger partial charge in [0.15, 0.2) is 5.96 Å². The molecule has 0 aliphatic carbocycles. The third-order valence-electron chi connectivity index (χ3n) is 3.27. The van der Waals surface area contributed by atoms with E-state index in [1.807, 2.05) is 26.8 Å². The zero-order valence-corrected chi connectivity index (χ0v) is 16.0. The Bertz CT molecular complexity index is 482. The quantitative estimate of drug-likeness (QED) is 0.375. The lowest BCUT2D eigenvalue weighted by atomic mass is 10.1. The number of guanidine groups is 1. The van der Waals surface area contributed by atoms with Crippen LogP contribution in [-0.4, -0.2) is 30.8 Å². The first-order chi connectivity index (χ1) is 9.97. The summed E-state index contributed by atoms with van der Waals surface area (Å²) in [5.74, 6) is 0.593. The molecule has 4 nitrogen and oxygen atoms in total. The van der Waals surface area contributed by atoms with E-state index in [9.17, 15) is 4.39 Å². The van der Waals surface area contributed by atoms with Gasteiger partial charge in [0, 0.05) is 19.7 Å². The van der Waals surface area contributed by atoms with E-state index < -0.39 is 0 Å². The minimum absolute atomic E-state index is 0. The summed E-state index contributed by atoms with van der Waals surface area (Å²) in [5, 5.41) is 15.4. The maximum Gasteiger partial charge on any atom is 0.191 e. The van der Waals surface area contributed by atoms with Crippen LogP contribution in [0.25, 0.3) is 0 Å². The molecular weight excluding hydrogens is 396 g/mol. The number of aliphatic hydroxyl groups excluding tert-OH is 1. The van der Waals surface area contributed by atoms with Gasteiger partial charge in [0.05, 0.1) is 6.04 Å². The topological polar surface area (TPSA) is 56.7 Å². The minimum Gasteiger partial charge on any atom is -0.396 e. The largest absolute Gasteiger partial charge is 0.396 e. The fourth-order valence-electron chi connectivity index (χ4n) is 1.79. The summed E-state index contributed by atoms with van der Waals surface area (Å²) in [4.78, 5) is 4.43. The van der Waals surface area contributed by atoms with Crippen LogP contribution in [0.4, 0.5) is 4.39 Å². The maximum absolute atomic E-state index is 13.6. The van der Waals surface area contributed by atoms with Crippen LogP contribution in [-0.2, 0) is 0 Å². The van der Waals surface area contributed by atoms with Gasteiger partial charge in [-0.1, -0.05) is 19.1 Å². The minimum atomic E-state index is -0.197. The third-order valence-corrected chi connectivity index (χ3v) is 3.27. The fourth-order valence-corrected chi connectivity index (χ4v) is 1.79. The van der Waals surface area contributed by atoms with Crippen molar-refractivity contribution in [2.24, 2.45) is 10.9 Å². The van der Waals surface area contributed by atoms with Crippen LogP contribution >= 0.6 is 24.0 Å². The van der Waals surface area contributed by atoms with Gasteiger partial charge < -0.3 is 15.7 Å². The Morgan fingerprint density at radius 2 is 2.05 bits per heavy atom. The Balaban J connectivity index is 0.00000441. The summed E-state index contributed by atoms with van der Waals surface area (Å²) >= 11 is 0. The van der Waals surface area contributed by atoms with Crippen molar-refractivity contribution in [2.75, 3.05) is 19.7 Å². The Labute approximate surface area is 149 Å². The summed E-state index contributed by atoms with van der Waals surface area (Å²) < 4.78 is 13.6. The first-order valence-corrected chi connectivity index (χ1v) is 7.39. The van der Waals surface area contributed by atoms with Crippen molar-refractivity contribution in [3.8, 4) is 0 Å². The van der Waals surface area contributed by atoms with Crippen molar-refractivity contribution in [1.29, 1.82) is 0 Å². The fraction of sp³-hybridized carbons (Fsp3) is 0.562. The molecule has 0 aromatic heterocycles. The van der Waals surface area contributed by atoms with Gasteiger partial charge >= 0.3 is 0 Å². The van der Waals surface area contributed by atoms with Gasteiger partial charge in [0.1, 0.15) is 5.82 Å². The second kappa shape index (κ2) is 10.8. The number of benzene rings is 1. The molecule has 6 heteroatoms. The van der Waals surface area contributed by atoms with Gasteiger partial charge in [-0.25, -0.2) is 4.39 Å². The van der Waals surface area contributed by atoms with Gasteiger partial charge in [-0.2, -0.15) is 0 Å². The average Bonchev–Trinajstić information content (AvgIpc) is 2.47. The number of aliphatic hydroxyl groups is 1. The monoisotopic (exact) mass is 423 g/mol. The van der Waals surface area contributed by atoms with Crippen LogP contribution in [0.5, 0.6) is 0 Å². The van der Waals surface area contributed by atoms with E-state index in [0.29, 0.717) is 18.1 Å². The van der Waals surface area contributed by atoms with E-state index in [4.69, 9.17) is 5.11 Å². The molecule has 0 spiro atoms. The highest BCUT2D eigenvalue weighted by atomic mass is 127. The highest BCUT2D eigenvalue weighted by Gasteiger charge is 2.10. The van der Waals surface area contributed by atoms with Crippen molar-refractivity contribution < 1.29 is 9.50 Å². The first kappa shape index (κ1) is 21.1.